The maximum Gasteiger partial charge on any atom is 0.322 e. The van der Waals surface area contributed by atoms with Gasteiger partial charge in [0.2, 0.25) is 0 Å². The highest BCUT2D eigenvalue weighted by Crippen LogP contribution is 2.22. The number of halogens is 1. The highest BCUT2D eigenvalue weighted by molar-refractivity contribution is 9.10. The molecule has 0 radical (unpaired) electrons. The van der Waals surface area contributed by atoms with Gasteiger partial charge in [0.05, 0.1) is 7.11 Å². The van der Waals surface area contributed by atoms with Crippen molar-refractivity contribution >= 4 is 33.7 Å². The molecule has 5 heteroatoms. The number of nitrogens with one attached hydrogen (secondary N) is 1. The van der Waals surface area contributed by atoms with Gasteiger partial charge < -0.3 is 10.1 Å². The zero-order chi connectivity index (χ0) is 14.1. The van der Waals surface area contributed by atoms with E-state index in [4.69, 9.17) is 4.74 Å². The van der Waals surface area contributed by atoms with Crippen molar-refractivity contribution in [2.45, 2.75) is 30.7 Å². The Balaban J connectivity index is 2.41. The summed E-state index contributed by atoms with van der Waals surface area (Å²) in [6.07, 6.45) is 1.77. The van der Waals surface area contributed by atoms with Crippen molar-refractivity contribution in [3.63, 3.8) is 0 Å². The SMILES string of the molecule is CCCNC(CCSc1cccc(Br)c1)C(=O)OC. The number of hydrogen-bond donors (Lipinski definition) is 1. The Morgan fingerprint density at radius 2 is 2.32 bits per heavy atom. The number of carbonyl (C=O) groups is 1. The van der Waals surface area contributed by atoms with E-state index in [0.29, 0.717) is 0 Å². The summed E-state index contributed by atoms with van der Waals surface area (Å²) in [6, 6.07) is 7.97. The van der Waals surface area contributed by atoms with E-state index in [9.17, 15) is 4.79 Å². The molecule has 0 bridgehead atoms. The third-order valence-electron chi connectivity index (χ3n) is 2.60. The molecular weight excluding hydrogens is 326 g/mol. The minimum Gasteiger partial charge on any atom is -0.468 e. The molecule has 1 atom stereocenters. The van der Waals surface area contributed by atoms with Crippen LogP contribution >= 0.6 is 27.7 Å². The minimum atomic E-state index is -0.204. The van der Waals surface area contributed by atoms with Crippen LogP contribution in [-0.2, 0) is 9.53 Å². The van der Waals surface area contributed by atoms with E-state index in [1.54, 1.807) is 11.8 Å². The molecule has 3 nitrogen and oxygen atoms in total. The standard InChI is InChI=1S/C14H20BrNO2S/c1-3-8-16-13(14(17)18-2)7-9-19-12-6-4-5-11(15)10-12/h4-6,10,13,16H,3,7-9H2,1-2H3. The van der Waals surface area contributed by atoms with Crippen LogP contribution in [0.3, 0.4) is 0 Å². The summed E-state index contributed by atoms with van der Waals surface area (Å²) in [5, 5.41) is 3.22. The van der Waals surface area contributed by atoms with Crippen molar-refractivity contribution < 1.29 is 9.53 Å². The smallest absolute Gasteiger partial charge is 0.322 e. The predicted molar refractivity (Wildman–Crippen MR) is 83.6 cm³/mol. The van der Waals surface area contributed by atoms with Crippen LogP contribution in [0.15, 0.2) is 33.6 Å². The zero-order valence-electron chi connectivity index (χ0n) is 11.3. The molecule has 0 aromatic heterocycles. The lowest BCUT2D eigenvalue weighted by Gasteiger charge is -2.15. The van der Waals surface area contributed by atoms with Crippen molar-refractivity contribution in [1.82, 2.24) is 5.32 Å². The summed E-state index contributed by atoms with van der Waals surface area (Å²) in [5.41, 5.74) is 0. The molecule has 0 fully saturated rings. The number of carbonyl (C=O) groups excluding carboxylic acids is 1. The fourth-order valence-corrected chi connectivity index (χ4v) is 3.14. The molecule has 0 aliphatic heterocycles. The van der Waals surface area contributed by atoms with Crippen LogP contribution in [0.4, 0.5) is 0 Å². The molecule has 1 unspecified atom stereocenters. The number of benzene rings is 1. The predicted octanol–water partition coefficient (Wildman–Crippen LogP) is 3.47. The van der Waals surface area contributed by atoms with E-state index < -0.39 is 0 Å². The minimum absolute atomic E-state index is 0.178. The number of methoxy groups -OCH3 is 1. The van der Waals surface area contributed by atoms with Gasteiger partial charge in [-0.3, -0.25) is 4.79 Å². The first-order chi connectivity index (χ1) is 9.17. The summed E-state index contributed by atoms with van der Waals surface area (Å²) in [7, 11) is 1.43. The third-order valence-corrected chi connectivity index (χ3v) is 4.12. The second-order valence-electron chi connectivity index (χ2n) is 4.12. The molecule has 0 saturated carbocycles. The molecule has 19 heavy (non-hydrogen) atoms. The van der Waals surface area contributed by atoms with E-state index in [2.05, 4.69) is 40.3 Å². The summed E-state index contributed by atoms with van der Waals surface area (Å²) < 4.78 is 5.89. The van der Waals surface area contributed by atoms with Crippen LogP contribution in [-0.4, -0.2) is 31.4 Å². The van der Waals surface area contributed by atoms with Gasteiger partial charge in [0.15, 0.2) is 0 Å². The molecule has 106 valence electrons. The number of ether oxygens (including phenoxy) is 1. The van der Waals surface area contributed by atoms with E-state index in [0.717, 1.165) is 29.6 Å². The van der Waals surface area contributed by atoms with Crippen molar-refractivity contribution in [3.8, 4) is 0 Å². The average molecular weight is 346 g/mol. The second-order valence-corrected chi connectivity index (χ2v) is 6.21. The average Bonchev–Trinajstić information content (AvgIpc) is 2.42. The van der Waals surface area contributed by atoms with Crippen molar-refractivity contribution in [2.24, 2.45) is 0 Å². The Kier molecular flexibility index (Phi) is 8.18. The van der Waals surface area contributed by atoms with Gasteiger partial charge in [-0.25, -0.2) is 0 Å². The molecule has 1 aromatic carbocycles. The molecule has 0 aliphatic rings. The molecule has 1 rings (SSSR count). The van der Waals surface area contributed by atoms with Crippen LogP contribution in [0.1, 0.15) is 19.8 Å². The normalized spacial score (nSPS) is 12.2. The highest BCUT2D eigenvalue weighted by Gasteiger charge is 2.17. The summed E-state index contributed by atoms with van der Waals surface area (Å²) in [5.74, 6) is 0.704. The number of rotatable bonds is 8. The van der Waals surface area contributed by atoms with Crippen molar-refractivity contribution in [1.29, 1.82) is 0 Å². The second kappa shape index (κ2) is 9.39. The van der Waals surface area contributed by atoms with E-state index in [1.807, 2.05) is 12.1 Å². The highest BCUT2D eigenvalue weighted by atomic mass is 79.9. The van der Waals surface area contributed by atoms with Crippen molar-refractivity contribution in [3.05, 3.63) is 28.7 Å². The zero-order valence-corrected chi connectivity index (χ0v) is 13.7. The molecule has 0 spiro atoms. The van der Waals surface area contributed by atoms with Gasteiger partial charge in [0.25, 0.3) is 0 Å². The first kappa shape index (κ1) is 16.5. The van der Waals surface area contributed by atoms with Crippen LogP contribution < -0.4 is 5.32 Å². The van der Waals surface area contributed by atoms with Crippen LogP contribution in [0.25, 0.3) is 0 Å². The lowest BCUT2D eigenvalue weighted by Crippen LogP contribution is -2.38. The fraction of sp³-hybridized carbons (Fsp3) is 0.500. The number of hydrogen-bond acceptors (Lipinski definition) is 4. The van der Waals surface area contributed by atoms with E-state index in [1.165, 1.54) is 12.0 Å². The molecule has 0 amide bonds. The van der Waals surface area contributed by atoms with Crippen LogP contribution in [0.2, 0.25) is 0 Å². The van der Waals surface area contributed by atoms with Crippen molar-refractivity contribution in [2.75, 3.05) is 19.4 Å². The Morgan fingerprint density at radius 3 is 2.95 bits per heavy atom. The summed E-state index contributed by atoms with van der Waals surface area (Å²) >= 11 is 5.20. The van der Waals surface area contributed by atoms with Gasteiger partial charge in [0, 0.05) is 15.1 Å². The maximum atomic E-state index is 11.6. The fourth-order valence-electron chi connectivity index (χ4n) is 1.62. The lowest BCUT2D eigenvalue weighted by atomic mass is 10.2. The molecule has 1 N–H and O–H groups in total. The number of esters is 1. The van der Waals surface area contributed by atoms with E-state index >= 15 is 0 Å². The Morgan fingerprint density at radius 1 is 1.53 bits per heavy atom. The third kappa shape index (κ3) is 6.45. The van der Waals surface area contributed by atoms with E-state index in [-0.39, 0.29) is 12.0 Å². The molecule has 0 heterocycles. The van der Waals surface area contributed by atoms with Gasteiger partial charge in [-0.1, -0.05) is 28.9 Å². The topological polar surface area (TPSA) is 38.3 Å². The first-order valence-electron chi connectivity index (χ1n) is 6.37. The molecular formula is C14H20BrNO2S. The van der Waals surface area contributed by atoms with Gasteiger partial charge in [-0.2, -0.15) is 0 Å². The Bertz CT molecular complexity index is 401. The van der Waals surface area contributed by atoms with Crippen LogP contribution in [0.5, 0.6) is 0 Å². The lowest BCUT2D eigenvalue weighted by molar-refractivity contribution is -0.143. The maximum absolute atomic E-state index is 11.6. The van der Waals surface area contributed by atoms with Crippen LogP contribution in [0, 0.1) is 0 Å². The Hall–Kier alpha value is -0.520. The van der Waals surface area contributed by atoms with Gasteiger partial charge in [-0.15, -0.1) is 11.8 Å². The number of thioether (sulfide) groups is 1. The van der Waals surface area contributed by atoms with Gasteiger partial charge in [0.1, 0.15) is 6.04 Å². The first-order valence-corrected chi connectivity index (χ1v) is 8.14. The molecule has 0 aliphatic carbocycles. The summed E-state index contributed by atoms with van der Waals surface area (Å²) in [4.78, 5) is 12.8. The summed E-state index contributed by atoms with van der Waals surface area (Å²) in [6.45, 7) is 2.92. The molecule has 0 saturated heterocycles. The quantitative estimate of drug-likeness (QED) is 0.578. The largest absolute Gasteiger partial charge is 0.468 e. The van der Waals surface area contributed by atoms with Gasteiger partial charge in [-0.05, 0) is 37.6 Å². The monoisotopic (exact) mass is 345 g/mol. The molecule has 1 aromatic rings. The van der Waals surface area contributed by atoms with Gasteiger partial charge >= 0.3 is 5.97 Å². The Labute approximate surface area is 127 Å².